The molecule has 31 heavy (non-hydrogen) atoms. The van der Waals surface area contributed by atoms with Gasteiger partial charge in [0.1, 0.15) is 5.75 Å². The maximum absolute atomic E-state index is 12.5. The molecule has 3 aromatic rings. The number of anilines is 2. The van der Waals surface area contributed by atoms with Gasteiger partial charge >= 0.3 is 0 Å². The molecule has 0 atom stereocenters. The minimum absolute atomic E-state index is 0.170. The van der Waals surface area contributed by atoms with Crippen LogP contribution >= 0.6 is 0 Å². The van der Waals surface area contributed by atoms with Crippen LogP contribution in [0, 0.1) is 12.8 Å². The third-order valence-corrected chi connectivity index (χ3v) is 4.76. The zero-order valence-electron chi connectivity index (χ0n) is 18.1. The summed E-state index contributed by atoms with van der Waals surface area (Å²) in [6.07, 6.45) is 0.990. The van der Waals surface area contributed by atoms with Gasteiger partial charge in [-0.15, -0.1) is 0 Å². The van der Waals surface area contributed by atoms with E-state index in [1.165, 1.54) is 0 Å². The maximum Gasteiger partial charge on any atom is 0.255 e. The zero-order valence-corrected chi connectivity index (χ0v) is 18.1. The van der Waals surface area contributed by atoms with Crippen LogP contribution in [-0.4, -0.2) is 18.4 Å². The van der Waals surface area contributed by atoms with Crippen molar-refractivity contribution in [1.82, 2.24) is 0 Å². The van der Waals surface area contributed by atoms with Crippen LogP contribution in [0.5, 0.6) is 5.75 Å². The Kier molecular flexibility index (Phi) is 7.44. The topological polar surface area (TPSA) is 67.4 Å². The van der Waals surface area contributed by atoms with Gasteiger partial charge in [-0.2, -0.15) is 0 Å². The molecular formula is C26H28N2O3. The van der Waals surface area contributed by atoms with Crippen LogP contribution < -0.4 is 15.4 Å². The van der Waals surface area contributed by atoms with Gasteiger partial charge in [0.05, 0.1) is 6.61 Å². The van der Waals surface area contributed by atoms with Crippen molar-refractivity contribution in [2.75, 3.05) is 17.2 Å². The molecule has 5 nitrogen and oxygen atoms in total. The number of carbonyl (C=O) groups is 2. The number of aryl methyl sites for hydroxylation is 1. The summed E-state index contributed by atoms with van der Waals surface area (Å²) in [6.45, 7) is 6.92. The van der Waals surface area contributed by atoms with Gasteiger partial charge in [0.2, 0.25) is 0 Å². The zero-order chi connectivity index (χ0) is 22.2. The van der Waals surface area contributed by atoms with E-state index in [4.69, 9.17) is 4.74 Å². The Morgan fingerprint density at radius 3 is 1.94 bits per heavy atom. The Balaban J connectivity index is 1.54. The first kappa shape index (κ1) is 22.1. The number of ether oxygens (including phenoxy) is 1. The molecule has 0 saturated heterocycles. The summed E-state index contributed by atoms with van der Waals surface area (Å²) in [7, 11) is 0. The highest BCUT2D eigenvalue weighted by Crippen LogP contribution is 2.18. The predicted octanol–water partition coefficient (Wildman–Crippen LogP) is 5.92. The lowest BCUT2D eigenvalue weighted by Gasteiger charge is -2.10. The van der Waals surface area contributed by atoms with E-state index in [0.717, 1.165) is 17.7 Å². The van der Waals surface area contributed by atoms with Crippen molar-refractivity contribution in [3.63, 3.8) is 0 Å². The minimum atomic E-state index is -0.203. The second-order valence-electron chi connectivity index (χ2n) is 7.91. The maximum atomic E-state index is 12.5. The van der Waals surface area contributed by atoms with Crippen LogP contribution in [0.4, 0.5) is 11.4 Å². The average molecular weight is 417 g/mol. The van der Waals surface area contributed by atoms with E-state index in [0.29, 0.717) is 35.0 Å². The van der Waals surface area contributed by atoms with E-state index in [-0.39, 0.29) is 11.8 Å². The molecule has 2 amide bonds. The van der Waals surface area contributed by atoms with E-state index in [1.54, 1.807) is 54.6 Å². The Hall–Kier alpha value is -3.60. The summed E-state index contributed by atoms with van der Waals surface area (Å²) in [5.74, 6) is 0.972. The highest BCUT2D eigenvalue weighted by Gasteiger charge is 2.09. The van der Waals surface area contributed by atoms with Crippen molar-refractivity contribution in [3.8, 4) is 5.75 Å². The first-order chi connectivity index (χ1) is 14.9. The SMILES string of the molecule is Cc1cccc(C(=O)Nc2ccc(NC(=O)c3ccc(OCCC(C)C)cc3)cc2)c1. The summed E-state index contributed by atoms with van der Waals surface area (Å²) < 4.78 is 5.69. The number of carbonyl (C=O) groups excluding carboxylic acids is 2. The molecule has 0 unspecified atom stereocenters. The molecule has 0 radical (unpaired) electrons. The van der Waals surface area contributed by atoms with Gasteiger partial charge in [0.25, 0.3) is 11.8 Å². The summed E-state index contributed by atoms with van der Waals surface area (Å²) in [5, 5.41) is 5.72. The minimum Gasteiger partial charge on any atom is -0.494 e. The van der Waals surface area contributed by atoms with Crippen molar-refractivity contribution in [2.24, 2.45) is 5.92 Å². The fraction of sp³-hybridized carbons (Fsp3) is 0.231. The Morgan fingerprint density at radius 1 is 0.806 bits per heavy atom. The molecule has 5 heteroatoms. The highest BCUT2D eigenvalue weighted by atomic mass is 16.5. The van der Waals surface area contributed by atoms with Crippen molar-refractivity contribution in [3.05, 3.63) is 89.5 Å². The number of hydrogen-bond donors (Lipinski definition) is 2. The van der Waals surface area contributed by atoms with E-state index in [2.05, 4.69) is 24.5 Å². The quantitative estimate of drug-likeness (QED) is 0.479. The summed E-state index contributed by atoms with van der Waals surface area (Å²) >= 11 is 0. The van der Waals surface area contributed by atoms with Gasteiger partial charge in [0, 0.05) is 22.5 Å². The molecule has 0 aliphatic carbocycles. The fourth-order valence-electron chi connectivity index (χ4n) is 2.94. The van der Waals surface area contributed by atoms with Crippen LogP contribution in [0.25, 0.3) is 0 Å². The molecule has 0 fully saturated rings. The van der Waals surface area contributed by atoms with E-state index in [9.17, 15) is 9.59 Å². The molecule has 0 spiro atoms. The first-order valence-electron chi connectivity index (χ1n) is 10.4. The highest BCUT2D eigenvalue weighted by molar-refractivity contribution is 6.05. The van der Waals surface area contributed by atoms with Gasteiger partial charge < -0.3 is 15.4 Å². The molecule has 3 rings (SSSR count). The van der Waals surface area contributed by atoms with Crippen molar-refractivity contribution in [2.45, 2.75) is 27.2 Å². The first-order valence-corrected chi connectivity index (χ1v) is 10.4. The van der Waals surface area contributed by atoms with Crippen LogP contribution in [0.2, 0.25) is 0 Å². The summed E-state index contributed by atoms with van der Waals surface area (Å²) in [5.41, 5.74) is 3.49. The lowest BCUT2D eigenvalue weighted by molar-refractivity contribution is 0.101. The Morgan fingerprint density at radius 2 is 1.39 bits per heavy atom. The van der Waals surface area contributed by atoms with Crippen LogP contribution in [-0.2, 0) is 0 Å². The predicted molar refractivity (Wildman–Crippen MR) is 125 cm³/mol. The molecule has 0 saturated carbocycles. The number of amides is 2. The molecule has 3 aromatic carbocycles. The Bertz CT molecular complexity index is 1030. The van der Waals surface area contributed by atoms with E-state index >= 15 is 0 Å². The molecule has 0 aliphatic rings. The van der Waals surface area contributed by atoms with Gasteiger partial charge in [-0.25, -0.2) is 0 Å². The van der Waals surface area contributed by atoms with Crippen LogP contribution in [0.1, 0.15) is 46.5 Å². The van der Waals surface area contributed by atoms with Gasteiger partial charge in [-0.05, 0) is 79.9 Å². The second-order valence-corrected chi connectivity index (χ2v) is 7.91. The standard InChI is InChI=1S/C26H28N2O3/c1-18(2)15-16-31-24-13-7-20(8-14-24)25(29)27-22-9-11-23(12-10-22)28-26(30)21-6-4-5-19(3)17-21/h4-14,17-18H,15-16H2,1-3H3,(H,27,29)(H,28,30). The number of nitrogens with one attached hydrogen (secondary N) is 2. The summed E-state index contributed by atoms with van der Waals surface area (Å²) in [4.78, 5) is 24.8. The number of benzene rings is 3. The normalized spacial score (nSPS) is 10.6. The van der Waals surface area contributed by atoms with Crippen molar-refractivity contribution in [1.29, 1.82) is 0 Å². The van der Waals surface area contributed by atoms with Gasteiger partial charge in [-0.1, -0.05) is 31.5 Å². The fourth-order valence-corrected chi connectivity index (χ4v) is 2.94. The Labute approximate surface area is 183 Å². The van der Waals surface area contributed by atoms with E-state index < -0.39 is 0 Å². The molecule has 0 heterocycles. The molecule has 160 valence electrons. The van der Waals surface area contributed by atoms with Crippen LogP contribution in [0.3, 0.4) is 0 Å². The van der Waals surface area contributed by atoms with E-state index in [1.807, 2.05) is 25.1 Å². The molecule has 0 bridgehead atoms. The summed E-state index contributed by atoms with van der Waals surface area (Å²) in [6, 6.07) is 21.5. The molecule has 2 N–H and O–H groups in total. The van der Waals surface area contributed by atoms with Gasteiger partial charge in [0.15, 0.2) is 0 Å². The third kappa shape index (κ3) is 6.71. The third-order valence-electron chi connectivity index (χ3n) is 4.76. The lowest BCUT2D eigenvalue weighted by atomic mass is 10.1. The second kappa shape index (κ2) is 10.4. The largest absolute Gasteiger partial charge is 0.494 e. The van der Waals surface area contributed by atoms with Crippen molar-refractivity contribution >= 4 is 23.2 Å². The monoisotopic (exact) mass is 416 g/mol. The molecular weight excluding hydrogens is 388 g/mol. The van der Waals surface area contributed by atoms with Crippen LogP contribution in [0.15, 0.2) is 72.8 Å². The number of rotatable bonds is 8. The van der Waals surface area contributed by atoms with Gasteiger partial charge in [-0.3, -0.25) is 9.59 Å². The van der Waals surface area contributed by atoms with Crippen molar-refractivity contribution < 1.29 is 14.3 Å². The average Bonchev–Trinajstić information content (AvgIpc) is 2.75. The number of hydrogen-bond acceptors (Lipinski definition) is 3. The lowest BCUT2D eigenvalue weighted by Crippen LogP contribution is -2.13. The smallest absolute Gasteiger partial charge is 0.255 e. The molecule has 0 aliphatic heterocycles. The molecule has 0 aromatic heterocycles.